The van der Waals surface area contributed by atoms with Crippen molar-refractivity contribution in [1.82, 2.24) is 21.3 Å². The van der Waals surface area contributed by atoms with E-state index in [-0.39, 0.29) is 40.3 Å². The SMILES string of the molecule is CCC1(C)CC(NC(=O)NC2CC(C)(CC)NC(C)(CC)C2C)C(C)C(C)(CC)N1. The maximum Gasteiger partial charge on any atom is 0.315 e. The summed E-state index contributed by atoms with van der Waals surface area (Å²) in [7, 11) is 0. The molecule has 2 saturated heterocycles. The number of rotatable bonds is 6. The van der Waals surface area contributed by atoms with E-state index in [1.807, 2.05) is 0 Å². The molecule has 0 aromatic rings. The first-order valence-electron chi connectivity index (χ1n) is 12.4. The van der Waals surface area contributed by atoms with Gasteiger partial charge in [-0.05, 0) is 78.1 Å². The van der Waals surface area contributed by atoms with E-state index in [1.54, 1.807) is 0 Å². The van der Waals surface area contributed by atoms with Gasteiger partial charge >= 0.3 is 6.03 Å². The van der Waals surface area contributed by atoms with Crippen LogP contribution in [0.25, 0.3) is 0 Å². The first-order valence-corrected chi connectivity index (χ1v) is 12.4. The standard InChI is InChI=1S/C25H50N4O/c1-11-22(7)15-19(17(5)24(9,13-3)28-22)26-21(30)27-20-16-23(8,12-2)29-25(10,14-4)18(20)6/h17-20,28-29H,11-16H2,1-10H3,(H2,26,27,30). The highest BCUT2D eigenvalue weighted by molar-refractivity contribution is 5.74. The van der Waals surface area contributed by atoms with E-state index >= 15 is 0 Å². The number of urea groups is 1. The van der Waals surface area contributed by atoms with Crippen LogP contribution in [0.3, 0.4) is 0 Å². The molecule has 0 aromatic heterocycles. The summed E-state index contributed by atoms with van der Waals surface area (Å²) in [5, 5.41) is 14.6. The van der Waals surface area contributed by atoms with Crippen LogP contribution in [0.4, 0.5) is 4.79 Å². The van der Waals surface area contributed by atoms with Crippen LogP contribution in [0.2, 0.25) is 0 Å². The number of hydrogen-bond donors (Lipinski definition) is 4. The van der Waals surface area contributed by atoms with Crippen LogP contribution in [0, 0.1) is 11.8 Å². The number of piperidine rings is 2. The Bertz CT molecular complexity index is 562. The molecular formula is C25H50N4O. The highest BCUT2D eigenvalue weighted by Gasteiger charge is 2.48. The Balaban J connectivity index is 2.15. The fourth-order valence-corrected chi connectivity index (χ4v) is 5.94. The minimum absolute atomic E-state index is 0.00122. The summed E-state index contributed by atoms with van der Waals surface area (Å²) >= 11 is 0. The molecule has 0 bridgehead atoms. The van der Waals surface area contributed by atoms with Crippen LogP contribution in [0.1, 0.15) is 108 Å². The molecule has 8 unspecified atom stereocenters. The van der Waals surface area contributed by atoms with Gasteiger partial charge in [0.2, 0.25) is 0 Å². The summed E-state index contributed by atoms with van der Waals surface area (Å²) in [5.41, 5.74) is 0.173. The molecule has 30 heavy (non-hydrogen) atoms. The van der Waals surface area contributed by atoms with E-state index in [1.165, 1.54) is 0 Å². The van der Waals surface area contributed by atoms with Crippen LogP contribution in [0.5, 0.6) is 0 Å². The van der Waals surface area contributed by atoms with Gasteiger partial charge in [-0.15, -0.1) is 0 Å². The van der Waals surface area contributed by atoms with Crippen LogP contribution in [0.15, 0.2) is 0 Å². The third-order valence-corrected chi connectivity index (χ3v) is 9.40. The molecule has 2 aliphatic heterocycles. The summed E-state index contributed by atoms with van der Waals surface area (Å²) in [6.45, 7) is 22.8. The second-order valence-electron chi connectivity index (χ2n) is 11.4. The van der Waals surface area contributed by atoms with Gasteiger partial charge < -0.3 is 21.3 Å². The monoisotopic (exact) mass is 422 g/mol. The number of amides is 2. The molecule has 2 amide bonds. The molecule has 5 heteroatoms. The predicted octanol–water partition coefficient (Wildman–Crippen LogP) is 4.96. The lowest BCUT2D eigenvalue weighted by molar-refractivity contribution is 0.0542. The largest absolute Gasteiger partial charge is 0.335 e. The minimum Gasteiger partial charge on any atom is -0.335 e. The summed E-state index contributed by atoms with van der Waals surface area (Å²) in [6, 6.07) is 0.350. The van der Waals surface area contributed by atoms with Gasteiger partial charge in [0.1, 0.15) is 0 Å². The smallest absolute Gasteiger partial charge is 0.315 e. The molecule has 5 nitrogen and oxygen atoms in total. The van der Waals surface area contributed by atoms with E-state index in [2.05, 4.69) is 90.5 Å². The lowest BCUT2D eigenvalue weighted by atomic mass is 9.68. The maximum atomic E-state index is 13.2. The quantitative estimate of drug-likeness (QED) is 0.489. The van der Waals surface area contributed by atoms with Crippen molar-refractivity contribution in [3.63, 3.8) is 0 Å². The topological polar surface area (TPSA) is 65.2 Å². The Kier molecular flexibility index (Phi) is 7.61. The van der Waals surface area contributed by atoms with Gasteiger partial charge in [-0.3, -0.25) is 0 Å². The Hall–Kier alpha value is -0.810. The third kappa shape index (κ3) is 4.98. The van der Waals surface area contributed by atoms with Crippen molar-refractivity contribution in [2.24, 2.45) is 11.8 Å². The molecule has 0 aromatic carbocycles. The number of carbonyl (C=O) groups excluding carboxylic acids is 1. The van der Waals surface area contributed by atoms with Crippen molar-refractivity contribution in [3.05, 3.63) is 0 Å². The van der Waals surface area contributed by atoms with Gasteiger partial charge in [-0.2, -0.15) is 0 Å². The van der Waals surface area contributed by atoms with E-state index in [0.29, 0.717) is 11.8 Å². The van der Waals surface area contributed by atoms with Crippen LogP contribution in [-0.2, 0) is 0 Å². The van der Waals surface area contributed by atoms with E-state index < -0.39 is 0 Å². The van der Waals surface area contributed by atoms with Crippen LogP contribution in [-0.4, -0.2) is 40.3 Å². The molecule has 8 atom stereocenters. The molecule has 0 spiro atoms. The maximum absolute atomic E-state index is 13.2. The second-order valence-corrected chi connectivity index (χ2v) is 11.4. The number of nitrogens with one attached hydrogen (secondary N) is 4. The second kappa shape index (κ2) is 8.97. The third-order valence-electron chi connectivity index (χ3n) is 9.40. The highest BCUT2D eigenvalue weighted by Crippen LogP contribution is 2.39. The molecule has 2 aliphatic rings. The van der Waals surface area contributed by atoms with E-state index in [9.17, 15) is 4.79 Å². The molecule has 2 rings (SSSR count). The molecule has 2 heterocycles. The Morgan fingerprint density at radius 1 is 0.733 bits per heavy atom. The lowest BCUT2D eigenvalue weighted by Crippen LogP contribution is -2.71. The average Bonchev–Trinajstić information content (AvgIpc) is 2.69. The molecule has 0 aliphatic carbocycles. The van der Waals surface area contributed by atoms with Gasteiger partial charge in [0.15, 0.2) is 0 Å². The fourth-order valence-electron chi connectivity index (χ4n) is 5.94. The van der Waals surface area contributed by atoms with Crippen molar-refractivity contribution >= 4 is 6.03 Å². The van der Waals surface area contributed by atoms with Crippen LogP contribution < -0.4 is 21.3 Å². The molecule has 2 fully saturated rings. The predicted molar refractivity (Wildman–Crippen MR) is 128 cm³/mol. The van der Waals surface area contributed by atoms with Crippen molar-refractivity contribution in [2.45, 2.75) is 142 Å². The average molecular weight is 423 g/mol. The molecular weight excluding hydrogens is 372 g/mol. The van der Waals surface area contributed by atoms with Crippen LogP contribution >= 0.6 is 0 Å². The summed E-state index contributed by atoms with van der Waals surface area (Å²) < 4.78 is 0. The Morgan fingerprint density at radius 2 is 1.07 bits per heavy atom. The van der Waals surface area contributed by atoms with Gasteiger partial charge in [-0.1, -0.05) is 41.5 Å². The van der Waals surface area contributed by atoms with Gasteiger partial charge in [0.05, 0.1) is 0 Å². The highest BCUT2D eigenvalue weighted by atomic mass is 16.2. The summed E-state index contributed by atoms with van der Waals surface area (Å²) in [4.78, 5) is 13.2. The van der Waals surface area contributed by atoms with Gasteiger partial charge in [0.25, 0.3) is 0 Å². The van der Waals surface area contributed by atoms with E-state index in [0.717, 1.165) is 38.5 Å². The molecule has 4 N–H and O–H groups in total. The zero-order valence-electron chi connectivity index (χ0n) is 21.5. The van der Waals surface area contributed by atoms with Crippen molar-refractivity contribution < 1.29 is 4.79 Å². The molecule has 176 valence electrons. The molecule has 0 saturated carbocycles. The first kappa shape index (κ1) is 25.5. The first-order chi connectivity index (χ1) is 13.8. The van der Waals surface area contributed by atoms with Crippen molar-refractivity contribution in [3.8, 4) is 0 Å². The lowest BCUT2D eigenvalue weighted by Gasteiger charge is -2.54. The Morgan fingerprint density at radius 3 is 1.33 bits per heavy atom. The zero-order valence-corrected chi connectivity index (χ0v) is 21.5. The molecule has 0 radical (unpaired) electrons. The van der Waals surface area contributed by atoms with Gasteiger partial charge in [-0.25, -0.2) is 4.79 Å². The number of hydrogen-bond acceptors (Lipinski definition) is 3. The summed E-state index contributed by atoms with van der Waals surface area (Å²) in [6.07, 6.45) is 6.16. The number of carbonyl (C=O) groups is 1. The summed E-state index contributed by atoms with van der Waals surface area (Å²) in [5.74, 6) is 0.750. The zero-order chi connectivity index (χ0) is 23.0. The minimum atomic E-state index is 0.00122. The van der Waals surface area contributed by atoms with Crippen molar-refractivity contribution in [2.75, 3.05) is 0 Å². The fraction of sp³-hybridized carbons (Fsp3) is 0.960. The van der Waals surface area contributed by atoms with Gasteiger partial charge in [0, 0.05) is 34.2 Å². The Labute approximate surface area is 186 Å². The van der Waals surface area contributed by atoms with Crippen molar-refractivity contribution in [1.29, 1.82) is 0 Å². The van der Waals surface area contributed by atoms with E-state index in [4.69, 9.17) is 0 Å². The normalized spacial score (nSPS) is 47.0.